The summed E-state index contributed by atoms with van der Waals surface area (Å²) >= 11 is 0. The van der Waals surface area contributed by atoms with E-state index in [1.165, 1.54) is 0 Å². The van der Waals surface area contributed by atoms with Crippen molar-refractivity contribution in [1.82, 2.24) is 0 Å². The molecule has 12 heavy (non-hydrogen) atoms. The highest BCUT2D eigenvalue weighted by atomic mass is 16.2. The maximum absolute atomic E-state index is 10.6. The van der Waals surface area contributed by atoms with E-state index < -0.39 is 6.03 Å². The topological polar surface area (TPSA) is 98.4 Å². The molecule has 0 spiro atoms. The third-order valence-corrected chi connectivity index (χ3v) is 1.41. The minimum Gasteiger partial charge on any atom is -0.399 e. The molecule has 0 heterocycles. The maximum atomic E-state index is 10.6. The molecule has 5 heteroatoms. The van der Waals surface area contributed by atoms with Gasteiger partial charge in [0.1, 0.15) is 0 Å². The van der Waals surface area contributed by atoms with Gasteiger partial charge in [0.15, 0.2) is 0 Å². The Morgan fingerprint density at radius 1 is 1.25 bits per heavy atom. The Balaban J connectivity index is 2.89. The minimum atomic E-state index is -0.709. The lowest BCUT2D eigenvalue weighted by Gasteiger charge is -2.12. The van der Waals surface area contributed by atoms with E-state index in [2.05, 4.69) is 0 Å². The number of primary amides is 1. The number of urea groups is 1. The largest absolute Gasteiger partial charge is 0.399 e. The van der Waals surface area contributed by atoms with E-state index in [4.69, 9.17) is 17.3 Å². The molecule has 5 nitrogen and oxygen atoms in total. The molecule has 0 saturated carbocycles. The van der Waals surface area contributed by atoms with Gasteiger partial charge in [0.2, 0.25) is 0 Å². The van der Waals surface area contributed by atoms with Crippen molar-refractivity contribution in [3.05, 3.63) is 24.3 Å². The predicted octanol–water partition coefficient (Wildman–Crippen LogP) is 0.0276. The van der Waals surface area contributed by atoms with Gasteiger partial charge in [-0.2, -0.15) is 0 Å². The van der Waals surface area contributed by atoms with Crippen LogP contribution < -0.4 is 22.3 Å². The first kappa shape index (κ1) is 8.35. The minimum absolute atomic E-state index is 0.511. The van der Waals surface area contributed by atoms with Gasteiger partial charge in [-0.15, -0.1) is 0 Å². The Morgan fingerprint density at radius 3 is 2.17 bits per heavy atom. The van der Waals surface area contributed by atoms with E-state index in [1.54, 1.807) is 24.3 Å². The normalized spacial score (nSPS) is 9.42. The number of nitrogens with zero attached hydrogens (tertiary/aromatic N) is 1. The van der Waals surface area contributed by atoms with Gasteiger partial charge in [-0.1, -0.05) is 0 Å². The third-order valence-electron chi connectivity index (χ3n) is 1.41. The fourth-order valence-corrected chi connectivity index (χ4v) is 0.762. The molecule has 0 aliphatic heterocycles. The van der Waals surface area contributed by atoms with Crippen molar-refractivity contribution >= 4 is 17.4 Å². The van der Waals surface area contributed by atoms with Crippen LogP contribution in [-0.4, -0.2) is 6.03 Å². The standard InChI is InChI=1S/C7H10N4O/c8-5-1-3-6(4-2-5)11(10)7(9)12/h1-4H,8,10H2,(H2,9,12). The molecule has 1 aromatic carbocycles. The molecule has 0 aromatic heterocycles. The number of carbonyl (C=O) groups excluding carboxylic acids is 1. The first-order valence-corrected chi connectivity index (χ1v) is 3.31. The number of benzene rings is 1. The van der Waals surface area contributed by atoms with Crippen LogP contribution in [-0.2, 0) is 0 Å². The molecule has 0 unspecified atom stereocenters. The summed E-state index contributed by atoms with van der Waals surface area (Å²) in [6, 6.07) is 5.79. The fraction of sp³-hybridized carbons (Fsp3) is 0. The number of nitrogens with two attached hydrogens (primary N) is 3. The van der Waals surface area contributed by atoms with Crippen LogP contribution >= 0.6 is 0 Å². The van der Waals surface area contributed by atoms with Gasteiger partial charge in [0.25, 0.3) is 0 Å². The second-order valence-corrected chi connectivity index (χ2v) is 2.30. The van der Waals surface area contributed by atoms with Crippen LogP contribution in [0.5, 0.6) is 0 Å². The third kappa shape index (κ3) is 1.64. The molecule has 6 N–H and O–H groups in total. The molecule has 0 saturated heterocycles. The number of rotatable bonds is 1. The van der Waals surface area contributed by atoms with E-state index in [9.17, 15) is 4.79 Å². The molecule has 0 aliphatic carbocycles. The molecule has 0 radical (unpaired) electrons. The van der Waals surface area contributed by atoms with Crippen LogP contribution in [0.2, 0.25) is 0 Å². The summed E-state index contributed by atoms with van der Waals surface area (Å²) in [5.74, 6) is 5.31. The molecule has 2 amide bonds. The second-order valence-electron chi connectivity index (χ2n) is 2.30. The zero-order chi connectivity index (χ0) is 9.14. The number of anilines is 2. The highest BCUT2D eigenvalue weighted by molar-refractivity contribution is 5.89. The Bertz CT molecular complexity index is 282. The predicted molar refractivity (Wildman–Crippen MR) is 47.1 cm³/mol. The molecular formula is C7H10N4O. The zero-order valence-corrected chi connectivity index (χ0v) is 6.40. The van der Waals surface area contributed by atoms with Crippen LogP contribution in [0.1, 0.15) is 0 Å². The molecule has 0 bridgehead atoms. The summed E-state index contributed by atoms with van der Waals surface area (Å²) in [6.45, 7) is 0. The van der Waals surface area contributed by atoms with Gasteiger partial charge in [-0.05, 0) is 24.3 Å². The van der Waals surface area contributed by atoms with E-state index in [1.807, 2.05) is 0 Å². The lowest BCUT2D eigenvalue weighted by atomic mass is 10.3. The van der Waals surface area contributed by atoms with E-state index in [0.29, 0.717) is 11.4 Å². The van der Waals surface area contributed by atoms with Crippen molar-refractivity contribution in [2.24, 2.45) is 11.6 Å². The van der Waals surface area contributed by atoms with Crippen LogP contribution in [0.4, 0.5) is 16.2 Å². The fourth-order valence-electron chi connectivity index (χ4n) is 0.762. The maximum Gasteiger partial charge on any atom is 0.333 e. The molecule has 0 aliphatic rings. The van der Waals surface area contributed by atoms with Gasteiger partial charge < -0.3 is 11.5 Å². The molecule has 0 atom stereocenters. The van der Waals surface area contributed by atoms with Crippen molar-refractivity contribution in [2.75, 3.05) is 10.7 Å². The van der Waals surface area contributed by atoms with Crippen molar-refractivity contribution in [3.8, 4) is 0 Å². The Kier molecular flexibility index (Phi) is 2.16. The molecule has 64 valence electrons. The lowest BCUT2D eigenvalue weighted by Crippen LogP contribution is -2.41. The van der Waals surface area contributed by atoms with Crippen molar-refractivity contribution in [2.45, 2.75) is 0 Å². The number of hydrogen-bond acceptors (Lipinski definition) is 3. The monoisotopic (exact) mass is 166 g/mol. The number of hydrazine groups is 1. The highest BCUT2D eigenvalue weighted by Gasteiger charge is 2.05. The summed E-state index contributed by atoms with van der Waals surface area (Å²) in [6.07, 6.45) is 0. The van der Waals surface area contributed by atoms with Crippen molar-refractivity contribution < 1.29 is 4.79 Å². The van der Waals surface area contributed by atoms with Gasteiger partial charge >= 0.3 is 6.03 Å². The smallest absolute Gasteiger partial charge is 0.333 e. The van der Waals surface area contributed by atoms with Crippen molar-refractivity contribution in [3.63, 3.8) is 0 Å². The van der Waals surface area contributed by atoms with Crippen LogP contribution in [0.25, 0.3) is 0 Å². The van der Waals surface area contributed by atoms with E-state index in [-0.39, 0.29) is 0 Å². The van der Waals surface area contributed by atoms with E-state index >= 15 is 0 Å². The van der Waals surface area contributed by atoms with Gasteiger partial charge in [0, 0.05) is 5.69 Å². The molecule has 0 fully saturated rings. The van der Waals surface area contributed by atoms with Crippen LogP contribution in [0.15, 0.2) is 24.3 Å². The second kappa shape index (κ2) is 3.10. The molecular weight excluding hydrogens is 156 g/mol. The summed E-state index contributed by atoms with van der Waals surface area (Å²) in [5, 5.41) is 0.847. The van der Waals surface area contributed by atoms with Gasteiger partial charge in [-0.3, -0.25) is 0 Å². The first-order valence-electron chi connectivity index (χ1n) is 3.31. The molecule has 1 rings (SSSR count). The first-order chi connectivity index (χ1) is 5.61. The average molecular weight is 166 g/mol. The van der Waals surface area contributed by atoms with Gasteiger partial charge in [0.05, 0.1) is 5.69 Å². The number of nitrogen functional groups attached to an aromatic ring is 1. The van der Waals surface area contributed by atoms with Gasteiger partial charge in [-0.25, -0.2) is 15.6 Å². The number of hydrogen-bond donors (Lipinski definition) is 3. The zero-order valence-electron chi connectivity index (χ0n) is 6.40. The Hall–Kier alpha value is -1.75. The summed E-state index contributed by atoms with van der Waals surface area (Å²) in [7, 11) is 0. The Morgan fingerprint density at radius 2 is 1.75 bits per heavy atom. The van der Waals surface area contributed by atoms with Crippen LogP contribution in [0, 0.1) is 0 Å². The average Bonchev–Trinajstić information content (AvgIpc) is 2.04. The summed E-state index contributed by atoms with van der Waals surface area (Å²) < 4.78 is 0. The quantitative estimate of drug-likeness (QED) is 0.237. The summed E-state index contributed by atoms with van der Waals surface area (Å²) in [4.78, 5) is 10.6. The molecule has 1 aromatic rings. The number of amides is 2. The summed E-state index contributed by atoms with van der Waals surface area (Å²) in [5.41, 5.74) is 11.5. The number of carbonyl (C=O) groups is 1. The SMILES string of the molecule is NC(=O)N(N)c1ccc(N)cc1. The highest BCUT2D eigenvalue weighted by Crippen LogP contribution is 2.12. The van der Waals surface area contributed by atoms with Crippen LogP contribution in [0.3, 0.4) is 0 Å². The lowest BCUT2D eigenvalue weighted by molar-refractivity contribution is 0.254. The van der Waals surface area contributed by atoms with Crippen molar-refractivity contribution in [1.29, 1.82) is 0 Å². The van der Waals surface area contributed by atoms with E-state index in [0.717, 1.165) is 5.01 Å². The Labute approximate surface area is 69.7 Å².